The van der Waals surface area contributed by atoms with Crippen LogP contribution in [0.1, 0.15) is 37.6 Å². The molecule has 1 atom stereocenters. The highest BCUT2D eigenvalue weighted by Gasteiger charge is 2.16. The summed E-state index contributed by atoms with van der Waals surface area (Å²) in [4.78, 5) is 11.6. The number of benzene rings is 1. The Balaban J connectivity index is 2.63. The number of carbonyl (C=O) groups is 1. The first kappa shape index (κ1) is 12.7. The molecule has 3 heteroatoms. The van der Waals surface area contributed by atoms with Gasteiger partial charge < -0.3 is 4.74 Å². The highest BCUT2D eigenvalue weighted by atomic mass is 19.1. The van der Waals surface area contributed by atoms with Crippen molar-refractivity contribution in [2.45, 2.75) is 33.3 Å². The molecule has 0 heterocycles. The maximum atomic E-state index is 13.3. The lowest BCUT2D eigenvalue weighted by molar-refractivity contribution is 0.0294. The van der Waals surface area contributed by atoms with Crippen LogP contribution in [0.4, 0.5) is 4.39 Å². The van der Waals surface area contributed by atoms with Gasteiger partial charge in [0.2, 0.25) is 0 Å². The number of carbonyl (C=O) groups excluding carboxylic acids is 1. The molecule has 0 aliphatic rings. The molecule has 1 aromatic carbocycles. The van der Waals surface area contributed by atoms with Gasteiger partial charge in [-0.25, -0.2) is 9.18 Å². The fourth-order valence-electron chi connectivity index (χ4n) is 1.58. The minimum absolute atomic E-state index is 0.00175. The van der Waals surface area contributed by atoms with Crippen LogP contribution in [0.25, 0.3) is 0 Å². The number of rotatable bonds is 4. The Morgan fingerprint density at radius 1 is 1.31 bits per heavy atom. The van der Waals surface area contributed by atoms with Crippen LogP contribution < -0.4 is 0 Å². The Morgan fingerprint density at radius 3 is 2.50 bits per heavy atom. The van der Waals surface area contributed by atoms with Crippen LogP contribution in [0, 0.1) is 11.7 Å². The highest BCUT2D eigenvalue weighted by molar-refractivity contribution is 5.89. The first-order chi connectivity index (χ1) is 7.50. The maximum Gasteiger partial charge on any atom is 0.341 e. The van der Waals surface area contributed by atoms with Crippen LogP contribution in [-0.2, 0) is 4.74 Å². The monoisotopic (exact) mass is 224 g/mol. The summed E-state index contributed by atoms with van der Waals surface area (Å²) in [6.07, 6.45) is 0.590. The van der Waals surface area contributed by atoms with E-state index in [9.17, 15) is 9.18 Å². The van der Waals surface area contributed by atoms with Crippen molar-refractivity contribution in [2.24, 2.45) is 5.92 Å². The molecule has 2 nitrogen and oxygen atoms in total. The summed E-state index contributed by atoms with van der Waals surface area (Å²) in [7, 11) is 0. The number of ether oxygens (including phenoxy) is 1. The van der Waals surface area contributed by atoms with Gasteiger partial charge in [-0.1, -0.05) is 26.0 Å². The molecule has 1 unspecified atom stereocenters. The number of esters is 1. The van der Waals surface area contributed by atoms with Gasteiger partial charge in [0.05, 0.1) is 11.7 Å². The zero-order chi connectivity index (χ0) is 12.1. The van der Waals surface area contributed by atoms with Gasteiger partial charge >= 0.3 is 5.97 Å². The standard InChI is InChI=1S/C13H17FO2/c1-9(2)8-10(3)16-13(15)11-6-4-5-7-12(11)14/h4-7,9-10H,8H2,1-3H3. The van der Waals surface area contributed by atoms with E-state index in [1.165, 1.54) is 12.1 Å². The Morgan fingerprint density at radius 2 is 1.94 bits per heavy atom. The van der Waals surface area contributed by atoms with Crippen molar-refractivity contribution in [3.63, 3.8) is 0 Å². The molecule has 0 aliphatic carbocycles. The highest BCUT2D eigenvalue weighted by Crippen LogP contribution is 2.13. The second-order valence-corrected chi connectivity index (χ2v) is 4.33. The van der Waals surface area contributed by atoms with Gasteiger partial charge in [0.25, 0.3) is 0 Å². The Hall–Kier alpha value is -1.38. The van der Waals surface area contributed by atoms with Crippen molar-refractivity contribution in [1.82, 2.24) is 0 Å². The predicted octanol–water partition coefficient (Wildman–Crippen LogP) is 3.42. The Bertz CT molecular complexity index is 361. The van der Waals surface area contributed by atoms with Crippen LogP contribution >= 0.6 is 0 Å². The van der Waals surface area contributed by atoms with Crippen molar-refractivity contribution in [2.75, 3.05) is 0 Å². The van der Waals surface area contributed by atoms with Gasteiger partial charge in [0.1, 0.15) is 5.82 Å². The number of hydrogen-bond donors (Lipinski definition) is 0. The number of hydrogen-bond acceptors (Lipinski definition) is 2. The molecule has 0 fully saturated rings. The van der Waals surface area contributed by atoms with Crippen LogP contribution in [0.15, 0.2) is 24.3 Å². The topological polar surface area (TPSA) is 26.3 Å². The summed E-state index contributed by atoms with van der Waals surface area (Å²) in [6, 6.07) is 5.85. The van der Waals surface area contributed by atoms with Gasteiger partial charge in [-0.15, -0.1) is 0 Å². The predicted molar refractivity (Wildman–Crippen MR) is 60.7 cm³/mol. The summed E-state index contributed by atoms with van der Waals surface area (Å²) in [5, 5.41) is 0. The third-order valence-corrected chi connectivity index (χ3v) is 2.21. The lowest BCUT2D eigenvalue weighted by Crippen LogP contribution is -2.17. The van der Waals surface area contributed by atoms with E-state index >= 15 is 0 Å². The summed E-state index contributed by atoms with van der Waals surface area (Å²) in [6.45, 7) is 5.92. The largest absolute Gasteiger partial charge is 0.459 e. The molecule has 0 amide bonds. The molecular weight excluding hydrogens is 207 g/mol. The molecule has 16 heavy (non-hydrogen) atoms. The third-order valence-electron chi connectivity index (χ3n) is 2.21. The molecule has 0 aromatic heterocycles. The summed E-state index contributed by atoms with van der Waals surface area (Å²) >= 11 is 0. The minimum atomic E-state index is -0.591. The first-order valence-electron chi connectivity index (χ1n) is 5.46. The van der Waals surface area contributed by atoms with Gasteiger partial charge in [0, 0.05) is 0 Å². The van der Waals surface area contributed by atoms with Crippen molar-refractivity contribution in [3.8, 4) is 0 Å². The van der Waals surface area contributed by atoms with E-state index in [-0.39, 0.29) is 11.7 Å². The van der Waals surface area contributed by atoms with E-state index in [0.29, 0.717) is 5.92 Å². The molecular formula is C13H17FO2. The maximum absolute atomic E-state index is 13.3. The third kappa shape index (κ3) is 3.65. The molecule has 0 radical (unpaired) electrons. The van der Waals surface area contributed by atoms with Crippen LogP contribution in [0.3, 0.4) is 0 Å². The SMILES string of the molecule is CC(C)CC(C)OC(=O)c1ccccc1F. The summed E-state index contributed by atoms with van der Waals surface area (Å²) < 4.78 is 18.4. The van der Waals surface area contributed by atoms with Gasteiger partial charge in [-0.05, 0) is 31.4 Å². The first-order valence-corrected chi connectivity index (χ1v) is 5.46. The average molecular weight is 224 g/mol. The van der Waals surface area contributed by atoms with E-state index < -0.39 is 11.8 Å². The van der Waals surface area contributed by atoms with Crippen LogP contribution in [-0.4, -0.2) is 12.1 Å². The average Bonchev–Trinajstić information content (AvgIpc) is 2.16. The molecule has 0 saturated carbocycles. The molecule has 88 valence electrons. The quantitative estimate of drug-likeness (QED) is 0.732. The van der Waals surface area contributed by atoms with Crippen molar-refractivity contribution in [3.05, 3.63) is 35.6 Å². The normalized spacial score (nSPS) is 12.6. The number of halogens is 1. The Labute approximate surface area is 95.4 Å². The van der Waals surface area contributed by atoms with Crippen LogP contribution in [0.2, 0.25) is 0 Å². The second kappa shape index (κ2) is 5.64. The van der Waals surface area contributed by atoms with Crippen molar-refractivity contribution in [1.29, 1.82) is 0 Å². The molecule has 1 aromatic rings. The van der Waals surface area contributed by atoms with E-state index in [1.54, 1.807) is 12.1 Å². The van der Waals surface area contributed by atoms with E-state index in [4.69, 9.17) is 4.74 Å². The molecule has 0 aliphatic heterocycles. The Kier molecular flexibility index (Phi) is 4.47. The minimum Gasteiger partial charge on any atom is -0.459 e. The van der Waals surface area contributed by atoms with Crippen LogP contribution in [0.5, 0.6) is 0 Å². The fourth-order valence-corrected chi connectivity index (χ4v) is 1.58. The molecule has 0 spiro atoms. The van der Waals surface area contributed by atoms with Gasteiger partial charge in [0.15, 0.2) is 0 Å². The summed E-state index contributed by atoms with van der Waals surface area (Å²) in [5.74, 6) is -0.682. The molecule has 1 rings (SSSR count). The summed E-state index contributed by atoms with van der Waals surface area (Å²) in [5.41, 5.74) is -0.00175. The second-order valence-electron chi connectivity index (χ2n) is 4.33. The molecule has 0 saturated heterocycles. The van der Waals surface area contributed by atoms with Gasteiger partial charge in [-0.3, -0.25) is 0 Å². The molecule has 0 N–H and O–H groups in total. The molecule has 0 bridgehead atoms. The van der Waals surface area contributed by atoms with Crippen molar-refractivity contribution < 1.29 is 13.9 Å². The zero-order valence-corrected chi connectivity index (χ0v) is 9.87. The lowest BCUT2D eigenvalue weighted by atomic mass is 10.1. The van der Waals surface area contributed by atoms with Crippen molar-refractivity contribution >= 4 is 5.97 Å². The van der Waals surface area contributed by atoms with E-state index in [1.807, 2.05) is 20.8 Å². The smallest absolute Gasteiger partial charge is 0.341 e. The van der Waals surface area contributed by atoms with Gasteiger partial charge in [-0.2, -0.15) is 0 Å². The zero-order valence-electron chi connectivity index (χ0n) is 9.87. The fraction of sp³-hybridized carbons (Fsp3) is 0.462. The van der Waals surface area contributed by atoms with E-state index in [0.717, 1.165) is 6.42 Å². The van der Waals surface area contributed by atoms with E-state index in [2.05, 4.69) is 0 Å². The lowest BCUT2D eigenvalue weighted by Gasteiger charge is -2.15.